The van der Waals surface area contributed by atoms with Gasteiger partial charge in [0, 0.05) is 49.9 Å². The Hall–Kier alpha value is -3.42. The van der Waals surface area contributed by atoms with E-state index in [0.717, 1.165) is 54.3 Å². The average molecular weight is 404 g/mol. The van der Waals surface area contributed by atoms with Crippen molar-refractivity contribution in [1.29, 1.82) is 0 Å². The summed E-state index contributed by atoms with van der Waals surface area (Å²) in [6.07, 6.45) is 3.97. The first-order valence-electron chi connectivity index (χ1n) is 10.2. The smallest absolute Gasteiger partial charge is 0.407 e. The number of amides is 1. The Labute approximate surface area is 174 Å². The molecule has 8 heteroatoms. The quantitative estimate of drug-likeness (QED) is 0.715. The summed E-state index contributed by atoms with van der Waals surface area (Å²) in [5.41, 5.74) is 2.04. The second kappa shape index (κ2) is 7.78. The number of hydrogen-bond donors (Lipinski definition) is 1. The molecule has 0 spiro atoms. The minimum atomic E-state index is -0.390. The first-order valence-corrected chi connectivity index (χ1v) is 10.2. The summed E-state index contributed by atoms with van der Waals surface area (Å²) in [4.78, 5) is 30.1. The van der Waals surface area contributed by atoms with E-state index in [2.05, 4.69) is 43.3 Å². The molecule has 1 amide bonds. The zero-order valence-corrected chi connectivity index (χ0v) is 16.9. The maximum Gasteiger partial charge on any atom is 0.407 e. The van der Waals surface area contributed by atoms with Crippen LogP contribution in [0.2, 0.25) is 0 Å². The normalized spacial score (nSPS) is 19.0. The third-order valence-electron chi connectivity index (χ3n) is 5.88. The Morgan fingerprint density at radius 2 is 1.90 bits per heavy atom. The average Bonchev–Trinajstić information content (AvgIpc) is 3.21. The van der Waals surface area contributed by atoms with Gasteiger partial charge in [-0.3, -0.25) is 4.98 Å². The number of nitrogens with zero attached hydrogens (tertiary/aromatic N) is 5. The van der Waals surface area contributed by atoms with Crippen molar-refractivity contribution in [2.24, 2.45) is 0 Å². The molecule has 8 nitrogen and oxygen atoms in total. The molecule has 4 heterocycles. The van der Waals surface area contributed by atoms with E-state index < -0.39 is 6.09 Å². The number of carbonyl (C=O) groups is 1. The van der Waals surface area contributed by atoms with E-state index in [9.17, 15) is 4.79 Å². The maximum atomic E-state index is 11.5. The first-order chi connectivity index (χ1) is 14.7. The highest BCUT2D eigenvalue weighted by Crippen LogP contribution is 2.35. The lowest BCUT2D eigenvalue weighted by Crippen LogP contribution is -2.46. The van der Waals surface area contributed by atoms with Gasteiger partial charge >= 0.3 is 6.09 Å². The number of alkyl carbamates (subject to hydrolysis) is 1. The number of anilines is 2. The highest BCUT2D eigenvalue weighted by Gasteiger charge is 2.35. The number of para-hydroxylation sites is 1. The zero-order valence-electron chi connectivity index (χ0n) is 16.9. The molecule has 1 N–H and O–H groups in total. The van der Waals surface area contributed by atoms with Crippen LogP contribution in [0.5, 0.6) is 0 Å². The SMILES string of the molecule is COC(=O)N[C@@H]1CCN(c2nccnc2C2CN(c3ccc4ccccc4n3)C2)C1. The standard InChI is InChI=1S/C22H24N6O2/c1-30-22(29)25-17-8-11-27(14-17)21-20(23-9-10-24-21)16-12-28(13-16)19-7-6-15-4-2-3-5-18(15)26-19/h2-7,9-10,16-17H,8,11-14H2,1H3,(H,25,29)/t17-/m1/s1. The second-order valence-corrected chi connectivity index (χ2v) is 7.80. The summed E-state index contributed by atoms with van der Waals surface area (Å²) >= 11 is 0. The van der Waals surface area contributed by atoms with Crippen molar-refractivity contribution in [2.75, 3.05) is 43.1 Å². The van der Waals surface area contributed by atoms with Crippen molar-refractivity contribution >= 4 is 28.6 Å². The van der Waals surface area contributed by atoms with Crippen LogP contribution in [0.4, 0.5) is 16.4 Å². The molecule has 0 aliphatic carbocycles. The van der Waals surface area contributed by atoms with Crippen LogP contribution >= 0.6 is 0 Å². The number of aromatic nitrogens is 3. The van der Waals surface area contributed by atoms with Gasteiger partial charge in [-0.1, -0.05) is 18.2 Å². The van der Waals surface area contributed by atoms with Crippen molar-refractivity contribution in [2.45, 2.75) is 18.4 Å². The van der Waals surface area contributed by atoms with Crippen molar-refractivity contribution in [3.05, 3.63) is 54.5 Å². The molecule has 0 bridgehead atoms. The second-order valence-electron chi connectivity index (χ2n) is 7.80. The zero-order chi connectivity index (χ0) is 20.5. The fraction of sp³-hybridized carbons (Fsp3) is 0.364. The molecule has 2 saturated heterocycles. The molecule has 5 rings (SSSR count). The largest absolute Gasteiger partial charge is 0.453 e. The summed E-state index contributed by atoms with van der Waals surface area (Å²) in [6.45, 7) is 3.29. The van der Waals surface area contributed by atoms with Crippen molar-refractivity contribution in [3.8, 4) is 0 Å². The van der Waals surface area contributed by atoms with Gasteiger partial charge in [0.15, 0.2) is 5.82 Å². The number of nitrogens with one attached hydrogen (secondary N) is 1. The third-order valence-corrected chi connectivity index (χ3v) is 5.88. The number of pyridine rings is 1. The van der Waals surface area contributed by atoms with Gasteiger partial charge in [0.2, 0.25) is 0 Å². The predicted molar refractivity (Wildman–Crippen MR) is 115 cm³/mol. The number of hydrogen-bond acceptors (Lipinski definition) is 7. The number of carbonyl (C=O) groups excluding carboxylic acids is 1. The van der Waals surface area contributed by atoms with Crippen LogP contribution in [0.15, 0.2) is 48.8 Å². The molecule has 0 radical (unpaired) electrons. The number of rotatable bonds is 4. The van der Waals surface area contributed by atoms with Crippen molar-refractivity contribution in [1.82, 2.24) is 20.3 Å². The predicted octanol–water partition coefficient (Wildman–Crippen LogP) is 2.56. The van der Waals surface area contributed by atoms with Crippen LogP contribution in [0, 0.1) is 0 Å². The first kappa shape index (κ1) is 18.6. The highest BCUT2D eigenvalue weighted by atomic mass is 16.5. The van der Waals surface area contributed by atoms with E-state index in [1.54, 1.807) is 12.4 Å². The summed E-state index contributed by atoms with van der Waals surface area (Å²) < 4.78 is 4.71. The van der Waals surface area contributed by atoms with Crippen LogP contribution in [0.25, 0.3) is 10.9 Å². The van der Waals surface area contributed by atoms with Crippen LogP contribution in [-0.2, 0) is 4.74 Å². The number of benzene rings is 1. The summed E-state index contributed by atoms with van der Waals surface area (Å²) in [6, 6.07) is 12.4. The fourth-order valence-electron chi connectivity index (χ4n) is 4.24. The molecule has 2 fully saturated rings. The van der Waals surface area contributed by atoms with E-state index >= 15 is 0 Å². The van der Waals surface area contributed by atoms with Gasteiger partial charge in [0.25, 0.3) is 0 Å². The fourth-order valence-corrected chi connectivity index (χ4v) is 4.24. The lowest BCUT2D eigenvalue weighted by Gasteiger charge is -2.40. The number of fused-ring (bicyclic) bond motifs is 1. The van der Waals surface area contributed by atoms with Crippen LogP contribution < -0.4 is 15.1 Å². The van der Waals surface area contributed by atoms with Gasteiger partial charge < -0.3 is 19.9 Å². The minimum absolute atomic E-state index is 0.0620. The lowest BCUT2D eigenvalue weighted by molar-refractivity contribution is 0.167. The molecular formula is C22H24N6O2. The molecule has 2 aliphatic heterocycles. The topological polar surface area (TPSA) is 83.5 Å². The van der Waals surface area contributed by atoms with Crippen molar-refractivity contribution < 1.29 is 9.53 Å². The van der Waals surface area contributed by atoms with Crippen LogP contribution in [0.1, 0.15) is 18.0 Å². The third kappa shape index (κ3) is 3.49. The maximum absolute atomic E-state index is 11.5. The molecule has 154 valence electrons. The van der Waals surface area contributed by atoms with Gasteiger partial charge in [0.1, 0.15) is 5.82 Å². The molecule has 0 unspecified atom stereocenters. The van der Waals surface area contributed by atoms with Gasteiger partial charge in [-0.25, -0.2) is 14.8 Å². The summed E-state index contributed by atoms with van der Waals surface area (Å²) in [5.74, 6) is 2.23. The Morgan fingerprint density at radius 1 is 1.07 bits per heavy atom. The molecule has 1 aromatic carbocycles. The molecule has 2 aliphatic rings. The number of methoxy groups -OCH3 is 1. The van der Waals surface area contributed by atoms with Gasteiger partial charge in [-0.2, -0.15) is 0 Å². The Bertz CT molecular complexity index is 1070. The minimum Gasteiger partial charge on any atom is -0.453 e. The summed E-state index contributed by atoms with van der Waals surface area (Å²) in [7, 11) is 1.38. The van der Waals surface area contributed by atoms with Crippen molar-refractivity contribution in [3.63, 3.8) is 0 Å². The van der Waals surface area contributed by atoms with E-state index in [1.807, 2.05) is 18.2 Å². The van der Waals surface area contributed by atoms with Crippen LogP contribution in [-0.4, -0.2) is 60.4 Å². The molecule has 1 atom stereocenters. The Morgan fingerprint density at radius 3 is 2.77 bits per heavy atom. The van der Waals surface area contributed by atoms with Gasteiger partial charge in [-0.05, 0) is 24.6 Å². The van der Waals surface area contributed by atoms with Crippen LogP contribution in [0.3, 0.4) is 0 Å². The van der Waals surface area contributed by atoms with E-state index in [-0.39, 0.29) is 6.04 Å². The molecular weight excluding hydrogens is 380 g/mol. The highest BCUT2D eigenvalue weighted by molar-refractivity contribution is 5.80. The van der Waals surface area contributed by atoms with E-state index in [4.69, 9.17) is 9.72 Å². The van der Waals surface area contributed by atoms with E-state index in [0.29, 0.717) is 12.5 Å². The lowest BCUT2D eigenvalue weighted by atomic mass is 9.95. The molecule has 2 aromatic heterocycles. The molecule has 30 heavy (non-hydrogen) atoms. The molecule has 3 aromatic rings. The van der Waals surface area contributed by atoms with Gasteiger partial charge in [-0.15, -0.1) is 0 Å². The Balaban J connectivity index is 1.28. The monoisotopic (exact) mass is 404 g/mol. The summed E-state index contributed by atoms with van der Waals surface area (Å²) in [5, 5.41) is 4.03. The molecule has 0 saturated carbocycles. The Kier molecular flexibility index (Phi) is 4.82. The van der Waals surface area contributed by atoms with Gasteiger partial charge in [0.05, 0.1) is 24.4 Å². The number of ether oxygens (including phenoxy) is 1. The van der Waals surface area contributed by atoms with E-state index in [1.165, 1.54) is 7.11 Å².